The number of thioether (sulfide) groups is 1. The number of nitrogens with zero attached hydrogens (tertiary/aromatic N) is 3. The molecular formula is C22H23N3O3S2. The number of aromatic nitrogens is 1. The molecule has 0 saturated heterocycles. The summed E-state index contributed by atoms with van der Waals surface area (Å²) in [5, 5.41) is 0. The molecule has 0 saturated carbocycles. The molecule has 156 valence electrons. The van der Waals surface area contributed by atoms with Gasteiger partial charge in [0.25, 0.3) is 5.91 Å². The predicted octanol–water partition coefficient (Wildman–Crippen LogP) is 4.05. The van der Waals surface area contributed by atoms with Crippen molar-refractivity contribution < 1.29 is 14.3 Å². The Morgan fingerprint density at radius 3 is 2.77 bits per heavy atom. The number of hydrogen-bond acceptors (Lipinski definition) is 6. The van der Waals surface area contributed by atoms with Crippen LogP contribution >= 0.6 is 23.1 Å². The first-order valence-electron chi connectivity index (χ1n) is 9.78. The Morgan fingerprint density at radius 1 is 1.20 bits per heavy atom. The largest absolute Gasteiger partial charge is 0.476 e. The molecule has 1 atom stereocenters. The van der Waals surface area contributed by atoms with Crippen molar-refractivity contribution in [3.63, 3.8) is 0 Å². The zero-order valence-corrected chi connectivity index (χ0v) is 18.5. The number of benzene rings is 2. The van der Waals surface area contributed by atoms with Gasteiger partial charge in [-0.25, -0.2) is 4.98 Å². The molecule has 0 spiro atoms. The van der Waals surface area contributed by atoms with E-state index < -0.39 is 6.10 Å². The highest BCUT2D eigenvalue weighted by Crippen LogP contribution is 2.34. The molecule has 1 aliphatic rings. The van der Waals surface area contributed by atoms with Gasteiger partial charge in [0.05, 0.1) is 22.4 Å². The third kappa shape index (κ3) is 4.44. The van der Waals surface area contributed by atoms with E-state index in [9.17, 15) is 9.59 Å². The van der Waals surface area contributed by atoms with Crippen LogP contribution in [0.1, 0.15) is 12.8 Å². The van der Waals surface area contributed by atoms with Crippen LogP contribution in [-0.4, -0.2) is 54.2 Å². The second-order valence-corrected chi connectivity index (χ2v) is 9.58. The average Bonchev–Trinajstić information content (AvgIpc) is 3.18. The van der Waals surface area contributed by atoms with Crippen molar-refractivity contribution in [1.82, 2.24) is 9.88 Å². The summed E-state index contributed by atoms with van der Waals surface area (Å²) in [4.78, 5) is 33.2. The maximum absolute atomic E-state index is 13.0. The molecular weight excluding hydrogens is 418 g/mol. The average molecular weight is 442 g/mol. The number of fused-ring (bicyclic) bond motifs is 2. The van der Waals surface area contributed by atoms with Crippen LogP contribution in [0.3, 0.4) is 0 Å². The molecule has 30 heavy (non-hydrogen) atoms. The number of para-hydroxylation sites is 3. The molecule has 0 bridgehead atoms. The Kier molecular flexibility index (Phi) is 6.24. The number of ether oxygens (including phenoxy) is 1. The summed E-state index contributed by atoms with van der Waals surface area (Å²) >= 11 is 3.36. The summed E-state index contributed by atoms with van der Waals surface area (Å²) in [5.74, 6) is 1.25. The number of hydrogen-bond donors (Lipinski definition) is 0. The molecule has 0 aliphatic carbocycles. The third-order valence-electron chi connectivity index (χ3n) is 4.83. The van der Waals surface area contributed by atoms with E-state index in [-0.39, 0.29) is 18.4 Å². The van der Waals surface area contributed by atoms with E-state index in [2.05, 4.69) is 11.1 Å². The second kappa shape index (κ2) is 9.06. The third-order valence-corrected chi connectivity index (χ3v) is 7.09. The lowest BCUT2D eigenvalue weighted by Crippen LogP contribution is -2.50. The Morgan fingerprint density at radius 2 is 1.97 bits per heavy atom. The molecule has 0 radical (unpaired) electrons. The van der Waals surface area contributed by atoms with Crippen molar-refractivity contribution in [2.45, 2.75) is 23.3 Å². The van der Waals surface area contributed by atoms with Crippen LogP contribution in [0.25, 0.3) is 10.2 Å². The lowest BCUT2D eigenvalue weighted by molar-refractivity contribution is -0.136. The van der Waals surface area contributed by atoms with Gasteiger partial charge in [-0.2, -0.15) is 0 Å². The van der Waals surface area contributed by atoms with Crippen LogP contribution in [0.2, 0.25) is 0 Å². The molecule has 6 nitrogen and oxygen atoms in total. The number of anilines is 1. The van der Waals surface area contributed by atoms with E-state index in [1.807, 2.05) is 36.4 Å². The van der Waals surface area contributed by atoms with Gasteiger partial charge in [-0.1, -0.05) is 36.0 Å². The summed E-state index contributed by atoms with van der Waals surface area (Å²) < 4.78 is 8.05. The SMILES string of the molecule is CN(C)C(=O)C1CN(C(=O)CCCSc2nc3ccccc3s2)c2ccccc2O1. The summed E-state index contributed by atoms with van der Waals surface area (Å²) in [6, 6.07) is 15.5. The zero-order valence-electron chi connectivity index (χ0n) is 16.9. The van der Waals surface area contributed by atoms with Crippen molar-refractivity contribution in [2.75, 3.05) is 31.3 Å². The van der Waals surface area contributed by atoms with E-state index >= 15 is 0 Å². The van der Waals surface area contributed by atoms with E-state index in [4.69, 9.17) is 4.74 Å². The number of thiazole rings is 1. The Hall–Kier alpha value is -2.58. The van der Waals surface area contributed by atoms with Gasteiger partial charge in [0, 0.05) is 26.3 Å². The van der Waals surface area contributed by atoms with Gasteiger partial charge in [-0.15, -0.1) is 11.3 Å². The molecule has 2 amide bonds. The molecule has 1 aliphatic heterocycles. The van der Waals surface area contributed by atoms with Crippen molar-refractivity contribution in [2.24, 2.45) is 0 Å². The van der Waals surface area contributed by atoms with E-state index in [0.717, 1.165) is 27.7 Å². The molecule has 2 aromatic carbocycles. The van der Waals surface area contributed by atoms with Gasteiger partial charge < -0.3 is 14.5 Å². The van der Waals surface area contributed by atoms with Gasteiger partial charge in [0.2, 0.25) is 5.91 Å². The molecule has 1 aromatic heterocycles. The van der Waals surface area contributed by atoms with Crippen LogP contribution in [0.5, 0.6) is 5.75 Å². The first kappa shape index (κ1) is 20.7. The molecule has 1 unspecified atom stereocenters. The molecule has 2 heterocycles. The van der Waals surface area contributed by atoms with Crippen molar-refractivity contribution >= 4 is 50.8 Å². The molecule has 8 heteroatoms. The number of amides is 2. The summed E-state index contributed by atoms with van der Waals surface area (Å²) in [6.07, 6.45) is 0.469. The molecule has 4 rings (SSSR count). The van der Waals surface area contributed by atoms with Gasteiger partial charge in [0.1, 0.15) is 5.75 Å². The molecule has 0 fully saturated rings. The minimum absolute atomic E-state index is 0.00667. The highest BCUT2D eigenvalue weighted by molar-refractivity contribution is 8.01. The highest BCUT2D eigenvalue weighted by Gasteiger charge is 2.34. The van der Waals surface area contributed by atoms with Gasteiger partial charge in [-0.3, -0.25) is 9.59 Å². The van der Waals surface area contributed by atoms with E-state index in [1.54, 1.807) is 48.2 Å². The first-order chi connectivity index (χ1) is 14.5. The van der Waals surface area contributed by atoms with Crippen LogP contribution in [0.15, 0.2) is 52.9 Å². The number of carbonyl (C=O) groups is 2. The predicted molar refractivity (Wildman–Crippen MR) is 121 cm³/mol. The fraction of sp³-hybridized carbons (Fsp3) is 0.318. The zero-order chi connectivity index (χ0) is 21.1. The maximum atomic E-state index is 13.0. The summed E-state index contributed by atoms with van der Waals surface area (Å²) in [7, 11) is 3.38. The van der Waals surface area contributed by atoms with Crippen molar-refractivity contribution in [3.8, 4) is 5.75 Å². The minimum Gasteiger partial charge on any atom is -0.476 e. The van der Waals surface area contributed by atoms with Gasteiger partial charge >= 0.3 is 0 Å². The lowest BCUT2D eigenvalue weighted by Gasteiger charge is -2.35. The minimum atomic E-state index is -0.684. The van der Waals surface area contributed by atoms with Crippen molar-refractivity contribution in [3.05, 3.63) is 48.5 Å². The van der Waals surface area contributed by atoms with E-state index in [1.165, 1.54) is 9.60 Å². The highest BCUT2D eigenvalue weighted by atomic mass is 32.2. The fourth-order valence-corrected chi connectivity index (χ4v) is 5.40. The van der Waals surface area contributed by atoms with Gasteiger partial charge in [0.15, 0.2) is 10.4 Å². The Bertz CT molecular complexity index is 1030. The topological polar surface area (TPSA) is 62.7 Å². The Labute approximate surface area is 183 Å². The normalized spacial score (nSPS) is 15.5. The van der Waals surface area contributed by atoms with E-state index in [0.29, 0.717) is 12.2 Å². The Balaban J connectivity index is 1.37. The number of carbonyl (C=O) groups excluding carboxylic acids is 2. The maximum Gasteiger partial charge on any atom is 0.265 e. The van der Waals surface area contributed by atoms with Gasteiger partial charge in [-0.05, 0) is 30.7 Å². The van der Waals surface area contributed by atoms with Crippen molar-refractivity contribution in [1.29, 1.82) is 0 Å². The molecule has 3 aromatic rings. The fourth-order valence-electron chi connectivity index (χ4n) is 3.32. The van der Waals surface area contributed by atoms with Crippen LogP contribution in [0, 0.1) is 0 Å². The summed E-state index contributed by atoms with van der Waals surface area (Å²) in [5.41, 5.74) is 1.74. The second-order valence-electron chi connectivity index (χ2n) is 7.21. The first-order valence-corrected chi connectivity index (χ1v) is 11.6. The lowest BCUT2D eigenvalue weighted by atomic mass is 10.1. The summed E-state index contributed by atoms with van der Waals surface area (Å²) in [6.45, 7) is 0.234. The quantitative estimate of drug-likeness (QED) is 0.427. The van der Waals surface area contributed by atoms with Crippen LogP contribution < -0.4 is 9.64 Å². The number of likely N-dealkylation sites (N-methyl/N-ethyl adjacent to an activating group) is 1. The standard InChI is InChI=1S/C22H23N3O3S2/c1-24(2)21(27)18-14-25(16-9-4-5-10-17(16)28-18)20(26)12-7-13-29-22-23-15-8-3-6-11-19(15)30-22/h3-6,8-11,18H,7,12-14H2,1-2H3. The number of rotatable bonds is 6. The monoisotopic (exact) mass is 441 g/mol. The van der Waals surface area contributed by atoms with Crippen LogP contribution in [-0.2, 0) is 9.59 Å². The van der Waals surface area contributed by atoms with Crippen LogP contribution in [0.4, 0.5) is 5.69 Å². The molecule has 0 N–H and O–H groups in total. The smallest absolute Gasteiger partial charge is 0.265 e.